The molecule has 1 aromatic carbocycles. The van der Waals surface area contributed by atoms with Crippen molar-refractivity contribution in [2.75, 3.05) is 11.9 Å². The average Bonchev–Trinajstić information content (AvgIpc) is 2.81. The van der Waals surface area contributed by atoms with E-state index in [9.17, 15) is 9.59 Å². The first-order valence-corrected chi connectivity index (χ1v) is 9.24. The van der Waals surface area contributed by atoms with Crippen LogP contribution in [0, 0.1) is 0 Å². The standard InChI is InChI=1S/C22H18N6O2/c1-28-21(30)12-19(18-8-11-24-14-26-18)27-22(28)25-13-20(29)17-5-3-2-4-16(17)15-6-9-23-10-7-15/h2-12,14H,13H2,1H3,(H,25,27). The van der Waals surface area contributed by atoms with E-state index in [-0.39, 0.29) is 23.8 Å². The molecule has 8 heteroatoms. The molecule has 0 fully saturated rings. The lowest BCUT2D eigenvalue weighted by molar-refractivity contribution is 0.101. The molecule has 0 saturated carbocycles. The van der Waals surface area contributed by atoms with Crippen LogP contribution in [0.2, 0.25) is 0 Å². The van der Waals surface area contributed by atoms with Gasteiger partial charge in [-0.05, 0) is 29.3 Å². The Kier molecular flexibility index (Phi) is 5.38. The van der Waals surface area contributed by atoms with Gasteiger partial charge in [-0.3, -0.25) is 19.1 Å². The van der Waals surface area contributed by atoms with Gasteiger partial charge < -0.3 is 5.32 Å². The van der Waals surface area contributed by atoms with E-state index in [0.29, 0.717) is 17.0 Å². The predicted molar refractivity (Wildman–Crippen MR) is 113 cm³/mol. The summed E-state index contributed by atoms with van der Waals surface area (Å²) in [4.78, 5) is 41.8. The molecule has 30 heavy (non-hydrogen) atoms. The number of benzene rings is 1. The maximum Gasteiger partial charge on any atom is 0.255 e. The summed E-state index contributed by atoms with van der Waals surface area (Å²) in [6.45, 7) is -0.0182. The van der Waals surface area contributed by atoms with E-state index < -0.39 is 0 Å². The topological polar surface area (TPSA) is 103 Å². The van der Waals surface area contributed by atoms with Crippen molar-refractivity contribution in [1.82, 2.24) is 24.5 Å². The SMILES string of the molecule is Cn1c(NCC(=O)c2ccccc2-c2ccncc2)nc(-c2ccncn2)cc1=O. The average molecular weight is 398 g/mol. The van der Waals surface area contributed by atoms with Gasteiger partial charge in [-0.15, -0.1) is 0 Å². The van der Waals surface area contributed by atoms with Crippen LogP contribution in [-0.2, 0) is 7.05 Å². The Morgan fingerprint density at radius 3 is 2.53 bits per heavy atom. The largest absolute Gasteiger partial charge is 0.348 e. The number of pyridine rings is 1. The molecule has 3 aromatic heterocycles. The summed E-state index contributed by atoms with van der Waals surface area (Å²) < 4.78 is 1.35. The highest BCUT2D eigenvalue weighted by molar-refractivity contribution is 6.04. The van der Waals surface area contributed by atoms with E-state index in [0.717, 1.165) is 11.1 Å². The Balaban J connectivity index is 1.60. The van der Waals surface area contributed by atoms with Crippen molar-refractivity contribution in [3.05, 3.63) is 89.4 Å². The first-order chi connectivity index (χ1) is 14.6. The fraction of sp³-hybridized carbons (Fsp3) is 0.0909. The van der Waals surface area contributed by atoms with E-state index in [2.05, 4.69) is 25.3 Å². The molecule has 8 nitrogen and oxygen atoms in total. The van der Waals surface area contributed by atoms with E-state index >= 15 is 0 Å². The van der Waals surface area contributed by atoms with Crippen molar-refractivity contribution in [2.45, 2.75) is 0 Å². The van der Waals surface area contributed by atoms with Gasteiger partial charge in [-0.1, -0.05) is 24.3 Å². The molecule has 0 aliphatic heterocycles. The summed E-state index contributed by atoms with van der Waals surface area (Å²) in [5, 5.41) is 2.99. The van der Waals surface area contributed by atoms with Crippen LogP contribution in [0.5, 0.6) is 0 Å². The number of nitrogens with one attached hydrogen (secondary N) is 1. The van der Waals surface area contributed by atoms with Gasteiger partial charge in [-0.25, -0.2) is 15.0 Å². The van der Waals surface area contributed by atoms with Crippen LogP contribution in [0.1, 0.15) is 10.4 Å². The van der Waals surface area contributed by atoms with E-state index in [1.165, 1.54) is 17.0 Å². The molecule has 0 spiro atoms. The molecule has 4 rings (SSSR count). The molecular formula is C22H18N6O2. The Bertz CT molecular complexity index is 1240. The lowest BCUT2D eigenvalue weighted by Crippen LogP contribution is -2.25. The van der Waals surface area contributed by atoms with Crippen molar-refractivity contribution < 1.29 is 4.79 Å². The van der Waals surface area contributed by atoms with Crippen LogP contribution >= 0.6 is 0 Å². The number of rotatable bonds is 6. The minimum atomic E-state index is -0.259. The number of nitrogens with zero attached hydrogens (tertiary/aromatic N) is 5. The third kappa shape index (κ3) is 3.97. The van der Waals surface area contributed by atoms with Crippen molar-refractivity contribution in [1.29, 1.82) is 0 Å². The zero-order valence-electron chi connectivity index (χ0n) is 16.2. The van der Waals surface area contributed by atoms with Crippen LogP contribution in [-0.4, -0.2) is 36.8 Å². The van der Waals surface area contributed by atoms with E-state index in [1.807, 2.05) is 30.3 Å². The maximum absolute atomic E-state index is 12.9. The summed E-state index contributed by atoms with van der Waals surface area (Å²) in [7, 11) is 1.59. The van der Waals surface area contributed by atoms with Gasteiger partial charge in [0.25, 0.3) is 5.56 Å². The molecule has 148 valence electrons. The number of hydrogen-bond acceptors (Lipinski definition) is 7. The van der Waals surface area contributed by atoms with Crippen molar-refractivity contribution in [2.24, 2.45) is 7.05 Å². The highest BCUT2D eigenvalue weighted by atomic mass is 16.1. The molecular weight excluding hydrogens is 380 g/mol. The van der Waals surface area contributed by atoms with Crippen molar-refractivity contribution >= 4 is 11.7 Å². The Labute approximate surface area is 172 Å². The second kappa shape index (κ2) is 8.44. The van der Waals surface area contributed by atoms with Gasteiger partial charge in [0.15, 0.2) is 5.78 Å². The van der Waals surface area contributed by atoms with Crippen LogP contribution < -0.4 is 10.9 Å². The van der Waals surface area contributed by atoms with Gasteiger partial charge in [0.05, 0.1) is 17.9 Å². The molecule has 1 N–H and O–H groups in total. The van der Waals surface area contributed by atoms with Crippen molar-refractivity contribution in [3.63, 3.8) is 0 Å². The number of aromatic nitrogens is 5. The molecule has 0 aliphatic carbocycles. The van der Waals surface area contributed by atoms with Crippen LogP contribution in [0.15, 0.2) is 78.2 Å². The van der Waals surface area contributed by atoms with E-state index in [1.54, 1.807) is 37.8 Å². The molecule has 0 atom stereocenters. The number of hydrogen-bond donors (Lipinski definition) is 1. The lowest BCUT2D eigenvalue weighted by Gasteiger charge is -2.12. The predicted octanol–water partition coefficient (Wildman–Crippen LogP) is 2.59. The molecule has 0 amide bonds. The third-order valence-corrected chi connectivity index (χ3v) is 4.61. The summed E-state index contributed by atoms with van der Waals surface area (Å²) in [5.41, 5.74) is 2.99. The minimum absolute atomic E-state index is 0.0182. The normalized spacial score (nSPS) is 10.6. The zero-order valence-corrected chi connectivity index (χ0v) is 16.2. The van der Waals surface area contributed by atoms with Gasteiger partial charge in [0.2, 0.25) is 5.95 Å². The number of ketones is 1. The fourth-order valence-electron chi connectivity index (χ4n) is 3.04. The Hall–Kier alpha value is -4.20. The summed E-state index contributed by atoms with van der Waals surface area (Å²) in [6, 6.07) is 14.2. The van der Waals surface area contributed by atoms with Gasteiger partial charge >= 0.3 is 0 Å². The highest BCUT2D eigenvalue weighted by Gasteiger charge is 2.14. The fourth-order valence-corrected chi connectivity index (χ4v) is 3.04. The van der Waals surface area contributed by atoms with E-state index in [4.69, 9.17) is 0 Å². The van der Waals surface area contributed by atoms with Gasteiger partial charge in [0, 0.05) is 37.3 Å². The number of Topliss-reactive ketones (excluding diaryl/α,β-unsaturated/α-hetero) is 1. The molecule has 0 bridgehead atoms. The maximum atomic E-state index is 12.9. The minimum Gasteiger partial charge on any atom is -0.348 e. The quantitative estimate of drug-likeness (QED) is 0.498. The first kappa shape index (κ1) is 19.1. The number of anilines is 1. The zero-order chi connectivity index (χ0) is 20.9. The van der Waals surface area contributed by atoms with Crippen LogP contribution in [0.3, 0.4) is 0 Å². The molecule has 0 aliphatic rings. The molecule has 3 heterocycles. The number of carbonyl (C=O) groups excluding carboxylic acids is 1. The molecule has 0 saturated heterocycles. The van der Waals surface area contributed by atoms with Crippen LogP contribution in [0.4, 0.5) is 5.95 Å². The molecule has 0 unspecified atom stereocenters. The lowest BCUT2D eigenvalue weighted by atomic mass is 9.98. The molecule has 4 aromatic rings. The second-order valence-corrected chi connectivity index (χ2v) is 6.52. The molecule has 0 radical (unpaired) electrons. The Morgan fingerprint density at radius 1 is 1.00 bits per heavy atom. The smallest absolute Gasteiger partial charge is 0.255 e. The monoisotopic (exact) mass is 398 g/mol. The highest BCUT2D eigenvalue weighted by Crippen LogP contribution is 2.23. The van der Waals surface area contributed by atoms with Gasteiger partial charge in [-0.2, -0.15) is 0 Å². The Morgan fingerprint density at radius 2 is 1.77 bits per heavy atom. The number of carbonyl (C=O) groups is 1. The van der Waals surface area contributed by atoms with Crippen molar-refractivity contribution in [3.8, 4) is 22.5 Å². The summed E-state index contributed by atoms with van der Waals surface area (Å²) >= 11 is 0. The van der Waals surface area contributed by atoms with Crippen LogP contribution in [0.25, 0.3) is 22.5 Å². The first-order valence-electron chi connectivity index (χ1n) is 9.24. The summed E-state index contributed by atoms with van der Waals surface area (Å²) in [6.07, 6.45) is 6.34. The van der Waals surface area contributed by atoms with Gasteiger partial charge in [0.1, 0.15) is 6.33 Å². The summed E-state index contributed by atoms with van der Waals surface area (Å²) in [5.74, 6) is 0.162. The second-order valence-electron chi connectivity index (χ2n) is 6.52. The third-order valence-electron chi connectivity index (χ3n) is 4.61.